The Morgan fingerprint density at radius 1 is 0.861 bits per heavy atom. The van der Waals surface area contributed by atoms with Gasteiger partial charge in [0, 0.05) is 19.9 Å². The van der Waals surface area contributed by atoms with Crippen LogP contribution in [0.15, 0.2) is 0 Å². The van der Waals surface area contributed by atoms with Gasteiger partial charge < -0.3 is 26.0 Å². The monoisotopic (exact) mass is 510 g/mol. The van der Waals surface area contributed by atoms with Crippen molar-refractivity contribution in [2.24, 2.45) is 11.8 Å². The van der Waals surface area contributed by atoms with Crippen LogP contribution < -0.4 is 21.3 Å². The van der Waals surface area contributed by atoms with Crippen LogP contribution >= 0.6 is 0 Å². The summed E-state index contributed by atoms with van der Waals surface area (Å²) in [4.78, 5) is 63.6. The van der Waals surface area contributed by atoms with Crippen molar-refractivity contribution in [3.05, 3.63) is 0 Å². The van der Waals surface area contributed by atoms with Gasteiger partial charge in [0.2, 0.25) is 23.6 Å². The highest BCUT2D eigenvalue weighted by Gasteiger charge is 2.50. The fourth-order valence-corrected chi connectivity index (χ4v) is 3.84. The van der Waals surface area contributed by atoms with E-state index in [4.69, 9.17) is 4.74 Å². The van der Waals surface area contributed by atoms with E-state index in [9.17, 15) is 24.0 Å². The third-order valence-corrected chi connectivity index (χ3v) is 6.28. The summed E-state index contributed by atoms with van der Waals surface area (Å²) in [5.74, 6) is -1.84. The normalized spacial score (nSPS) is 19.2. The summed E-state index contributed by atoms with van der Waals surface area (Å²) in [7, 11) is 1.49. The minimum absolute atomic E-state index is 0.00814. The van der Waals surface area contributed by atoms with Crippen molar-refractivity contribution in [1.29, 1.82) is 0 Å². The van der Waals surface area contributed by atoms with E-state index in [2.05, 4.69) is 21.3 Å². The third kappa shape index (κ3) is 10.6. The van der Waals surface area contributed by atoms with Gasteiger partial charge in [0.1, 0.15) is 17.7 Å². The summed E-state index contributed by atoms with van der Waals surface area (Å²) in [6, 6.07) is -2.66. The van der Waals surface area contributed by atoms with E-state index < -0.39 is 35.5 Å². The number of hydrogen-bond acceptors (Lipinski definition) is 6. The first-order valence-corrected chi connectivity index (χ1v) is 13.1. The first-order chi connectivity index (χ1) is 16.8. The van der Waals surface area contributed by atoms with Crippen LogP contribution in [0.5, 0.6) is 0 Å². The van der Waals surface area contributed by atoms with Crippen molar-refractivity contribution in [3.8, 4) is 0 Å². The molecule has 0 aromatic rings. The van der Waals surface area contributed by atoms with Crippen LogP contribution in [-0.4, -0.2) is 66.8 Å². The Hall–Kier alpha value is -2.49. The molecule has 4 amide bonds. The number of rotatable bonds is 17. The maximum absolute atomic E-state index is 13.3. The van der Waals surface area contributed by atoms with Gasteiger partial charge in [-0.15, -0.1) is 0 Å². The highest BCUT2D eigenvalue weighted by atomic mass is 16.6. The molecule has 0 aromatic carbocycles. The molecular weight excluding hydrogens is 464 g/mol. The van der Waals surface area contributed by atoms with E-state index in [-0.39, 0.29) is 42.3 Å². The molecule has 206 valence electrons. The summed E-state index contributed by atoms with van der Waals surface area (Å²) in [5.41, 5.74) is -0.904. The molecule has 0 aromatic heterocycles. The summed E-state index contributed by atoms with van der Waals surface area (Å²) in [6.07, 6.45) is 3.44. The summed E-state index contributed by atoms with van der Waals surface area (Å²) < 4.78 is 5.29. The zero-order chi connectivity index (χ0) is 27.5. The van der Waals surface area contributed by atoms with Gasteiger partial charge in [0.25, 0.3) is 0 Å². The maximum Gasteiger partial charge on any atom is 0.243 e. The van der Waals surface area contributed by atoms with Crippen LogP contribution in [0, 0.1) is 11.8 Å². The number of amides is 4. The van der Waals surface area contributed by atoms with Gasteiger partial charge >= 0.3 is 0 Å². The third-order valence-electron chi connectivity index (χ3n) is 6.28. The predicted molar refractivity (Wildman–Crippen MR) is 137 cm³/mol. The van der Waals surface area contributed by atoms with Crippen LogP contribution in [0.2, 0.25) is 0 Å². The zero-order valence-corrected chi connectivity index (χ0v) is 23.0. The lowest BCUT2D eigenvalue weighted by atomic mass is 9.93. The second kappa shape index (κ2) is 14.9. The SMILES string of the molecule is CCCCCC(=O)N[C@H](C(=O)N[C@@H](CCC(=O)NC)C(=O)N[C@@H](CC(C)C)C(=O)[C@]1(C)CO1)C(C)C. The highest BCUT2D eigenvalue weighted by Crippen LogP contribution is 2.29. The average Bonchev–Trinajstić information content (AvgIpc) is 3.56. The average molecular weight is 511 g/mol. The molecule has 4 N–H and O–H groups in total. The Balaban J connectivity index is 2.99. The van der Waals surface area contributed by atoms with Crippen molar-refractivity contribution in [2.75, 3.05) is 13.7 Å². The van der Waals surface area contributed by atoms with Gasteiger partial charge in [0.05, 0.1) is 12.6 Å². The second-order valence-corrected chi connectivity index (χ2v) is 10.6. The van der Waals surface area contributed by atoms with E-state index in [1.165, 1.54) is 7.05 Å². The van der Waals surface area contributed by atoms with E-state index in [1.54, 1.807) is 6.92 Å². The number of ketones is 1. The van der Waals surface area contributed by atoms with Gasteiger partial charge in [-0.1, -0.05) is 47.5 Å². The lowest BCUT2D eigenvalue weighted by Crippen LogP contribution is -2.57. The number of carbonyl (C=O) groups is 5. The molecule has 0 saturated carbocycles. The van der Waals surface area contributed by atoms with E-state index >= 15 is 0 Å². The molecule has 10 nitrogen and oxygen atoms in total. The van der Waals surface area contributed by atoms with Crippen LogP contribution in [0.25, 0.3) is 0 Å². The molecule has 1 heterocycles. The number of hydrogen-bond donors (Lipinski definition) is 4. The van der Waals surface area contributed by atoms with Crippen LogP contribution in [0.4, 0.5) is 0 Å². The van der Waals surface area contributed by atoms with Gasteiger partial charge in [0.15, 0.2) is 5.78 Å². The lowest BCUT2D eigenvalue weighted by molar-refractivity contribution is -0.135. The molecule has 0 unspecified atom stereocenters. The molecule has 1 aliphatic heterocycles. The minimum Gasteiger partial charge on any atom is -0.361 e. The van der Waals surface area contributed by atoms with Gasteiger partial charge in [-0.05, 0) is 38.0 Å². The maximum atomic E-state index is 13.3. The molecule has 0 aliphatic carbocycles. The molecule has 1 rings (SSSR count). The number of nitrogens with one attached hydrogen (secondary N) is 4. The van der Waals surface area contributed by atoms with Crippen molar-refractivity contribution < 1.29 is 28.7 Å². The van der Waals surface area contributed by atoms with E-state index in [0.29, 0.717) is 19.4 Å². The molecule has 1 aliphatic rings. The molecule has 0 radical (unpaired) electrons. The van der Waals surface area contributed by atoms with Crippen LogP contribution in [0.3, 0.4) is 0 Å². The number of carbonyl (C=O) groups excluding carboxylic acids is 5. The molecule has 1 fully saturated rings. The lowest BCUT2D eigenvalue weighted by Gasteiger charge is -2.27. The molecule has 10 heteroatoms. The van der Waals surface area contributed by atoms with Crippen LogP contribution in [0.1, 0.15) is 86.5 Å². The predicted octanol–water partition coefficient (Wildman–Crippen LogP) is 1.61. The molecular formula is C26H46N4O6. The van der Waals surface area contributed by atoms with Crippen molar-refractivity contribution in [1.82, 2.24) is 21.3 Å². The number of Topliss-reactive ketones (excluding diaryl/α,β-unsaturated/α-hetero) is 1. The second-order valence-electron chi connectivity index (χ2n) is 10.6. The largest absolute Gasteiger partial charge is 0.361 e. The fraction of sp³-hybridized carbons (Fsp3) is 0.808. The molecule has 1 saturated heterocycles. The quantitative estimate of drug-likeness (QED) is 0.173. The highest BCUT2D eigenvalue weighted by molar-refractivity contribution is 5.98. The minimum atomic E-state index is -1.05. The number of ether oxygens (including phenoxy) is 1. The van der Waals surface area contributed by atoms with Crippen molar-refractivity contribution in [2.45, 2.75) is 110 Å². The molecule has 0 spiro atoms. The zero-order valence-electron chi connectivity index (χ0n) is 23.0. The Labute approximate surface area is 215 Å². The molecule has 0 bridgehead atoms. The number of epoxide rings is 1. The summed E-state index contributed by atoms with van der Waals surface area (Å²) >= 11 is 0. The van der Waals surface area contributed by atoms with Crippen molar-refractivity contribution in [3.63, 3.8) is 0 Å². The Kier molecular flexibility index (Phi) is 13.1. The summed E-state index contributed by atoms with van der Waals surface area (Å²) in [5, 5.41) is 10.8. The fourth-order valence-electron chi connectivity index (χ4n) is 3.84. The van der Waals surface area contributed by atoms with Crippen LogP contribution in [-0.2, 0) is 28.7 Å². The van der Waals surface area contributed by atoms with Gasteiger partial charge in [-0.2, -0.15) is 0 Å². The van der Waals surface area contributed by atoms with Gasteiger partial charge in [-0.3, -0.25) is 24.0 Å². The van der Waals surface area contributed by atoms with Crippen molar-refractivity contribution >= 4 is 29.4 Å². The van der Waals surface area contributed by atoms with E-state index in [0.717, 1.165) is 19.3 Å². The Morgan fingerprint density at radius 2 is 1.47 bits per heavy atom. The Bertz CT molecular complexity index is 778. The summed E-state index contributed by atoms with van der Waals surface area (Å²) in [6.45, 7) is 11.6. The smallest absolute Gasteiger partial charge is 0.243 e. The molecule has 36 heavy (non-hydrogen) atoms. The molecule has 4 atom stereocenters. The first kappa shape index (κ1) is 31.5. The Morgan fingerprint density at radius 3 is 1.97 bits per heavy atom. The number of unbranched alkanes of at least 4 members (excludes halogenated alkanes) is 2. The van der Waals surface area contributed by atoms with E-state index in [1.807, 2.05) is 34.6 Å². The standard InChI is InChI=1S/C26H46N4O6/c1-8-9-10-11-21(32)30-22(17(4)5)25(35)28-18(12-13-20(31)27-7)24(34)29-19(14-16(2)3)23(33)26(6)15-36-26/h16-19,22H,8-15H2,1-7H3,(H,27,31)(H,28,35)(H,29,34)(H,30,32)/t18-,19-,22-,26-/m0/s1. The first-order valence-electron chi connectivity index (χ1n) is 13.1. The van der Waals surface area contributed by atoms with Gasteiger partial charge in [-0.25, -0.2) is 0 Å². The topological polar surface area (TPSA) is 146 Å².